The molecule has 15 heavy (non-hydrogen) atoms. The van der Waals surface area contributed by atoms with E-state index in [1.807, 2.05) is 0 Å². The van der Waals surface area contributed by atoms with Crippen LogP contribution in [0.4, 0.5) is 4.39 Å². The van der Waals surface area contributed by atoms with Crippen LogP contribution >= 0.6 is 0 Å². The summed E-state index contributed by atoms with van der Waals surface area (Å²) in [5.74, 6) is -1.28. The Bertz CT molecular complexity index is 365. The summed E-state index contributed by atoms with van der Waals surface area (Å²) in [7, 11) is 0. The van der Waals surface area contributed by atoms with Gasteiger partial charge >= 0.3 is 5.97 Å². The fourth-order valence-electron chi connectivity index (χ4n) is 1.06. The van der Waals surface area contributed by atoms with E-state index in [2.05, 4.69) is 0 Å². The third-order valence-electron chi connectivity index (χ3n) is 2.27. The fraction of sp³-hybridized carbons (Fsp3) is 0.364. The third kappa shape index (κ3) is 2.68. The fourth-order valence-corrected chi connectivity index (χ4v) is 1.06. The molecule has 1 rings (SSSR count). The van der Waals surface area contributed by atoms with Crippen molar-refractivity contribution in [3.05, 3.63) is 30.1 Å². The zero-order valence-corrected chi connectivity index (χ0v) is 8.66. The second-order valence-corrected chi connectivity index (χ2v) is 3.45. The van der Waals surface area contributed by atoms with Crippen molar-refractivity contribution in [1.29, 1.82) is 0 Å². The van der Waals surface area contributed by atoms with Crippen LogP contribution < -0.4 is 4.74 Å². The molecule has 4 heteroatoms. The molecule has 0 radical (unpaired) electrons. The second kappa shape index (κ2) is 4.29. The summed E-state index contributed by atoms with van der Waals surface area (Å²) >= 11 is 0. The van der Waals surface area contributed by atoms with Gasteiger partial charge in [0.1, 0.15) is 11.6 Å². The summed E-state index contributed by atoms with van der Waals surface area (Å²) in [5, 5.41) is 8.94. The van der Waals surface area contributed by atoms with Crippen molar-refractivity contribution in [1.82, 2.24) is 0 Å². The molecule has 0 spiro atoms. The Balaban J connectivity index is 2.89. The van der Waals surface area contributed by atoms with Gasteiger partial charge in [-0.1, -0.05) is 13.0 Å². The van der Waals surface area contributed by atoms with Crippen molar-refractivity contribution in [2.24, 2.45) is 0 Å². The lowest BCUT2D eigenvalue weighted by Crippen LogP contribution is -2.40. The van der Waals surface area contributed by atoms with Gasteiger partial charge in [0.2, 0.25) is 5.60 Å². The predicted molar refractivity (Wildman–Crippen MR) is 53.4 cm³/mol. The SMILES string of the molecule is CCC(C)(Oc1cccc(F)c1)C(=O)O. The van der Waals surface area contributed by atoms with Gasteiger partial charge in [-0.15, -0.1) is 0 Å². The van der Waals surface area contributed by atoms with Crippen molar-refractivity contribution in [2.75, 3.05) is 0 Å². The first-order valence-electron chi connectivity index (χ1n) is 4.66. The predicted octanol–water partition coefficient (Wildman–Crippen LogP) is 2.46. The minimum Gasteiger partial charge on any atom is -0.478 e. The molecular formula is C11H13FO3. The van der Waals surface area contributed by atoms with E-state index in [9.17, 15) is 9.18 Å². The van der Waals surface area contributed by atoms with Crippen molar-refractivity contribution in [3.63, 3.8) is 0 Å². The highest BCUT2D eigenvalue weighted by Gasteiger charge is 2.33. The first-order valence-corrected chi connectivity index (χ1v) is 4.66. The van der Waals surface area contributed by atoms with Gasteiger partial charge < -0.3 is 9.84 Å². The number of carbonyl (C=O) groups is 1. The van der Waals surface area contributed by atoms with Crippen LogP contribution in [0, 0.1) is 5.82 Å². The maximum absolute atomic E-state index is 12.8. The summed E-state index contributed by atoms with van der Waals surface area (Å²) < 4.78 is 18.1. The summed E-state index contributed by atoms with van der Waals surface area (Å²) in [6, 6.07) is 5.44. The number of hydrogen-bond acceptors (Lipinski definition) is 2. The zero-order valence-electron chi connectivity index (χ0n) is 8.66. The van der Waals surface area contributed by atoms with Crippen LogP contribution in [0.15, 0.2) is 24.3 Å². The summed E-state index contributed by atoms with van der Waals surface area (Å²) in [4.78, 5) is 10.9. The summed E-state index contributed by atoms with van der Waals surface area (Å²) in [6.07, 6.45) is 0.304. The first kappa shape index (κ1) is 11.5. The molecule has 0 amide bonds. The van der Waals surface area contributed by atoms with E-state index < -0.39 is 17.4 Å². The first-order chi connectivity index (χ1) is 6.98. The standard InChI is InChI=1S/C11H13FO3/c1-3-11(2,10(13)14)15-9-6-4-5-8(12)7-9/h4-7H,3H2,1-2H3,(H,13,14). The van der Waals surface area contributed by atoms with E-state index >= 15 is 0 Å². The lowest BCUT2D eigenvalue weighted by atomic mass is 10.0. The van der Waals surface area contributed by atoms with E-state index in [1.54, 1.807) is 6.92 Å². The normalized spacial score (nSPS) is 14.3. The zero-order chi connectivity index (χ0) is 11.5. The minimum atomic E-state index is -1.31. The van der Waals surface area contributed by atoms with Crippen LogP contribution in [0.5, 0.6) is 5.75 Å². The van der Waals surface area contributed by atoms with E-state index in [0.717, 1.165) is 6.07 Å². The topological polar surface area (TPSA) is 46.5 Å². The van der Waals surface area contributed by atoms with Crippen LogP contribution in [0.2, 0.25) is 0 Å². The van der Waals surface area contributed by atoms with Gasteiger partial charge in [-0.25, -0.2) is 9.18 Å². The lowest BCUT2D eigenvalue weighted by molar-refractivity contribution is -0.154. The Morgan fingerprint density at radius 3 is 2.73 bits per heavy atom. The Labute approximate surface area is 87.5 Å². The molecule has 1 unspecified atom stereocenters. The lowest BCUT2D eigenvalue weighted by Gasteiger charge is -2.24. The maximum atomic E-state index is 12.8. The molecule has 1 atom stereocenters. The van der Waals surface area contributed by atoms with Gasteiger partial charge in [0, 0.05) is 6.07 Å². The number of rotatable bonds is 4. The number of benzene rings is 1. The number of hydrogen-bond donors (Lipinski definition) is 1. The molecule has 0 saturated heterocycles. The molecule has 0 aliphatic heterocycles. The molecule has 1 N–H and O–H groups in total. The van der Waals surface area contributed by atoms with Crippen LogP contribution in [0.1, 0.15) is 20.3 Å². The maximum Gasteiger partial charge on any atom is 0.347 e. The molecule has 0 aromatic heterocycles. The van der Waals surface area contributed by atoms with Crippen LogP contribution in [0.25, 0.3) is 0 Å². The van der Waals surface area contributed by atoms with Crippen molar-refractivity contribution < 1.29 is 19.0 Å². The van der Waals surface area contributed by atoms with Gasteiger partial charge in [0.15, 0.2) is 0 Å². The molecule has 0 aliphatic rings. The number of halogens is 1. The van der Waals surface area contributed by atoms with Crippen molar-refractivity contribution >= 4 is 5.97 Å². The molecule has 0 fully saturated rings. The molecule has 0 aliphatic carbocycles. The minimum absolute atomic E-state index is 0.224. The highest BCUT2D eigenvalue weighted by molar-refractivity contribution is 5.77. The van der Waals surface area contributed by atoms with Gasteiger partial charge in [-0.2, -0.15) is 0 Å². The van der Waals surface area contributed by atoms with Crippen molar-refractivity contribution in [2.45, 2.75) is 25.9 Å². The summed E-state index contributed by atoms with van der Waals surface area (Å²) in [5.41, 5.74) is -1.31. The molecular weight excluding hydrogens is 199 g/mol. The molecule has 0 saturated carbocycles. The number of carboxylic acid groups (broad SMARTS) is 1. The van der Waals surface area contributed by atoms with E-state index in [-0.39, 0.29) is 5.75 Å². The van der Waals surface area contributed by atoms with Crippen molar-refractivity contribution in [3.8, 4) is 5.75 Å². The quantitative estimate of drug-likeness (QED) is 0.833. The van der Waals surface area contributed by atoms with E-state index in [4.69, 9.17) is 9.84 Å². The molecule has 1 aromatic carbocycles. The third-order valence-corrected chi connectivity index (χ3v) is 2.27. The van der Waals surface area contributed by atoms with Crippen LogP contribution in [-0.4, -0.2) is 16.7 Å². The van der Waals surface area contributed by atoms with E-state index in [1.165, 1.54) is 25.1 Å². The summed E-state index contributed by atoms with van der Waals surface area (Å²) in [6.45, 7) is 3.16. The Morgan fingerprint density at radius 2 is 2.27 bits per heavy atom. The Kier molecular flexibility index (Phi) is 3.29. The average molecular weight is 212 g/mol. The van der Waals surface area contributed by atoms with E-state index in [0.29, 0.717) is 6.42 Å². The van der Waals surface area contributed by atoms with Gasteiger partial charge in [-0.05, 0) is 25.5 Å². The molecule has 0 heterocycles. The highest BCUT2D eigenvalue weighted by Crippen LogP contribution is 2.22. The molecule has 1 aromatic rings. The number of ether oxygens (including phenoxy) is 1. The largest absolute Gasteiger partial charge is 0.478 e. The number of aliphatic carboxylic acids is 1. The smallest absolute Gasteiger partial charge is 0.347 e. The molecule has 0 bridgehead atoms. The highest BCUT2D eigenvalue weighted by atomic mass is 19.1. The van der Waals surface area contributed by atoms with Gasteiger partial charge in [-0.3, -0.25) is 0 Å². The van der Waals surface area contributed by atoms with Gasteiger partial charge in [0.25, 0.3) is 0 Å². The van der Waals surface area contributed by atoms with Crippen LogP contribution in [-0.2, 0) is 4.79 Å². The average Bonchev–Trinajstić information content (AvgIpc) is 2.17. The Hall–Kier alpha value is -1.58. The van der Waals surface area contributed by atoms with Crippen LogP contribution in [0.3, 0.4) is 0 Å². The number of carboxylic acids is 1. The second-order valence-electron chi connectivity index (χ2n) is 3.45. The van der Waals surface area contributed by atoms with Gasteiger partial charge in [0.05, 0.1) is 0 Å². The monoisotopic (exact) mass is 212 g/mol. The molecule has 82 valence electrons. The Morgan fingerprint density at radius 1 is 1.60 bits per heavy atom. The molecule has 3 nitrogen and oxygen atoms in total.